The first-order valence-corrected chi connectivity index (χ1v) is 9.78. The molecule has 156 valence electrons. The number of hydrogen-bond donors (Lipinski definition) is 2. The molecule has 0 bridgehead atoms. The van der Waals surface area contributed by atoms with E-state index in [9.17, 15) is 19.8 Å². The zero-order valence-electron chi connectivity index (χ0n) is 16.4. The minimum Gasteiger partial charge on any atom is -0.508 e. The van der Waals surface area contributed by atoms with Gasteiger partial charge in [-0.15, -0.1) is 0 Å². The fourth-order valence-corrected chi connectivity index (χ4v) is 3.81. The monoisotopic (exact) mass is 435 g/mol. The lowest BCUT2D eigenvalue weighted by atomic mass is 9.95. The number of phenols is 1. The zero-order chi connectivity index (χ0) is 22.1. The number of carbonyl (C=O) groups excluding carboxylic acids is 2. The molecule has 0 spiro atoms. The van der Waals surface area contributed by atoms with Gasteiger partial charge in [-0.3, -0.25) is 14.5 Å². The summed E-state index contributed by atoms with van der Waals surface area (Å²) in [6, 6.07) is 18.4. The van der Waals surface area contributed by atoms with Crippen LogP contribution in [0.25, 0.3) is 5.76 Å². The normalized spacial score (nSPS) is 17.7. The van der Waals surface area contributed by atoms with E-state index >= 15 is 0 Å². The van der Waals surface area contributed by atoms with Crippen molar-refractivity contribution in [3.05, 3.63) is 94.5 Å². The first kappa shape index (κ1) is 20.5. The number of anilines is 1. The molecular weight excluding hydrogens is 418 g/mol. The topological polar surface area (TPSA) is 87.1 Å². The maximum atomic E-state index is 13.1. The molecule has 0 radical (unpaired) electrons. The average molecular weight is 436 g/mol. The quantitative estimate of drug-likeness (QED) is 0.353. The lowest BCUT2D eigenvalue weighted by Crippen LogP contribution is -2.29. The highest BCUT2D eigenvalue weighted by molar-refractivity contribution is 6.51. The van der Waals surface area contributed by atoms with Gasteiger partial charge in [0.2, 0.25) is 0 Å². The third kappa shape index (κ3) is 3.73. The Kier molecular flexibility index (Phi) is 5.40. The Balaban J connectivity index is 1.95. The van der Waals surface area contributed by atoms with Crippen LogP contribution in [0.1, 0.15) is 17.2 Å². The molecule has 1 heterocycles. The van der Waals surface area contributed by atoms with Gasteiger partial charge < -0.3 is 14.9 Å². The molecule has 7 heteroatoms. The molecule has 3 aromatic carbocycles. The van der Waals surface area contributed by atoms with E-state index in [-0.39, 0.29) is 17.1 Å². The van der Waals surface area contributed by atoms with E-state index in [2.05, 4.69) is 0 Å². The smallest absolute Gasteiger partial charge is 0.300 e. The van der Waals surface area contributed by atoms with Gasteiger partial charge in [-0.05, 0) is 48.0 Å². The van der Waals surface area contributed by atoms with Crippen molar-refractivity contribution in [1.82, 2.24) is 0 Å². The Bertz CT molecular complexity index is 1200. The summed E-state index contributed by atoms with van der Waals surface area (Å²) in [6.45, 7) is 0. The van der Waals surface area contributed by atoms with Crippen LogP contribution in [0.4, 0.5) is 5.69 Å². The molecule has 1 saturated heterocycles. The zero-order valence-corrected chi connectivity index (χ0v) is 17.2. The molecule has 1 fully saturated rings. The highest BCUT2D eigenvalue weighted by Crippen LogP contribution is 2.43. The maximum Gasteiger partial charge on any atom is 0.300 e. The van der Waals surface area contributed by atoms with Gasteiger partial charge >= 0.3 is 0 Å². The molecule has 0 aliphatic carbocycles. The number of rotatable bonds is 4. The van der Waals surface area contributed by atoms with Gasteiger partial charge in [-0.2, -0.15) is 0 Å². The van der Waals surface area contributed by atoms with Crippen LogP contribution in [0.2, 0.25) is 5.02 Å². The summed E-state index contributed by atoms with van der Waals surface area (Å²) in [5.41, 5.74) is 1.23. The van der Waals surface area contributed by atoms with Gasteiger partial charge in [0.15, 0.2) is 0 Å². The summed E-state index contributed by atoms with van der Waals surface area (Å²) in [6.07, 6.45) is 0. The largest absolute Gasteiger partial charge is 0.508 e. The van der Waals surface area contributed by atoms with E-state index in [0.717, 1.165) is 0 Å². The molecule has 0 aromatic heterocycles. The van der Waals surface area contributed by atoms with E-state index in [1.54, 1.807) is 60.7 Å². The number of carbonyl (C=O) groups is 2. The van der Waals surface area contributed by atoms with Crippen molar-refractivity contribution in [2.24, 2.45) is 0 Å². The lowest BCUT2D eigenvalue weighted by Gasteiger charge is -2.25. The van der Waals surface area contributed by atoms with Gasteiger partial charge in [-0.25, -0.2) is 0 Å². The van der Waals surface area contributed by atoms with Gasteiger partial charge in [0.1, 0.15) is 17.3 Å². The number of methoxy groups -OCH3 is 1. The molecule has 2 N–H and O–H groups in total. The van der Waals surface area contributed by atoms with Crippen LogP contribution in [0.5, 0.6) is 11.5 Å². The van der Waals surface area contributed by atoms with Crippen LogP contribution >= 0.6 is 11.6 Å². The minimum absolute atomic E-state index is 0.0382. The maximum absolute atomic E-state index is 13.1. The van der Waals surface area contributed by atoms with Gasteiger partial charge in [0.05, 0.1) is 18.7 Å². The summed E-state index contributed by atoms with van der Waals surface area (Å²) in [7, 11) is 1.49. The number of nitrogens with zero attached hydrogens (tertiary/aromatic N) is 1. The van der Waals surface area contributed by atoms with Crippen LogP contribution in [-0.2, 0) is 9.59 Å². The Morgan fingerprint density at radius 1 is 1.00 bits per heavy atom. The standard InChI is InChI=1S/C24H18ClNO5/c1-31-19-7-2-4-15(12-19)22(28)20-21(14-8-10-18(27)11-9-14)26(24(30)23(20)29)17-6-3-5-16(25)13-17/h2-13,21,27-28H,1H3/b22-20+. The Labute approximate surface area is 183 Å². The Morgan fingerprint density at radius 2 is 1.71 bits per heavy atom. The van der Waals surface area contributed by atoms with E-state index < -0.39 is 17.7 Å². The van der Waals surface area contributed by atoms with E-state index in [4.69, 9.17) is 16.3 Å². The molecule has 31 heavy (non-hydrogen) atoms. The van der Waals surface area contributed by atoms with Gasteiger partial charge in [-0.1, -0.05) is 41.9 Å². The predicted molar refractivity (Wildman–Crippen MR) is 117 cm³/mol. The lowest BCUT2D eigenvalue weighted by molar-refractivity contribution is -0.132. The van der Waals surface area contributed by atoms with Crippen molar-refractivity contribution in [3.63, 3.8) is 0 Å². The number of ketones is 1. The second kappa shape index (κ2) is 8.16. The highest BCUT2D eigenvalue weighted by atomic mass is 35.5. The van der Waals surface area contributed by atoms with E-state index in [1.165, 1.54) is 24.1 Å². The van der Waals surface area contributed by atoms with Crippen LogP contribution in [0, 0.1) is 0 Å². The van der Waals surface area contributed by atoms with Crippen LogP contribution in [-0.4, -0.2) is 29.0 Å². The summed E-state index contributed by atoms with van der Waals surface area (Å²) in [5, 5.41) is 21.2. The number of phenolic OH excluding ortho intramolecular Hbond substituents is 1. The number of aromatic hydroxyl groups is 1. The van der Waals surface area contributed by atoms with Gasteiger partial charge in [0.25, 0.3) is 11.7 Å². The summed E-state index contributed by atoms with van der Waals surface area (Å²) in [5.74, 6) is -1.39. The van der Waals surface area contributed by atoms with E-state index in [0.29, 0.717) is 27.6 Å². The van der Waals surface area contributed by atoms with Crippen molar-refractivity contribution in [2.75, 3.05) is 12.0 Å². The fraction of sp³-hybridized carbons (Fsp3) is 0.0833. The van der Waals surface area contributed by atoms with Crippen molar-refractivity contribution < 1.29 is 24.5 Å². The van der Waals surface area contributed by atoms with Crippen molar-refractivity contribution in [2.45, 2.75) is 6.04 Å². The number of aliphatic hydroxyl groups is 1. The highest BCUT2D eigenvalue weighted by Gasteiger charge is 2.47. The molecule has 1 amide bonds. The number of ether oxygens (including phenoxy) is 1. The van der Waals surface area contributed by atoms with Crippen LogP contribution in [0.3, 0.4) is 0 Å². The van der Waals surface area contributed by atoms with Crippen molar-refractivity contribution >= 4 is 34.7 Å². The molecular formula is C24H18ClNO5. The second-order valence-corrected chi connectivity index (χ2v) is 7.41. The van der Waals surface area contributed by atoms with E-state index in [1.807, 2.05) is 0 Å². The van der Waals surface area contributed by atoms with Crippen LogP contribution < -0.4 is 9.64 Å². The summed E-state index contributed by atoms with van der Waals surface area (Å²) >= 11 is 6.12. The SMILES string of the molecule is COc1cccc(/C(O)=C2\C(=O)C(=O)N(c3cccc(Cl)c3)C2c2ccc(O)cc2)c1. The fourth-order valence-electron chi connectivity index (χ4n) is 3.62. The first-order chi connectivity index (χ1) is 14.9. The number of aliphatic hydroxyl groups excluding tert-OH is 1. The molecule has 1 aliphatic heterocycles. The molecule has 1 unspecified atom stereocenters. The number of Topliss-reactive ketones (excluding diaryl/α,β-unsaturated/α-hetero) is 1. The predicted octanol–water partition coefficient (Wildman–Crippen LogP) is 4.68. The third-order valence-electron chi connectivity index (χ3n) is 5.08. The molecule has 1 atom stereocenters. The molecule has 0 saturated carbocycles. The average Bonchev–Trinajstić information content (AvgIpc) is 3.04. The number of amides is 1. The Hall–Kier alpha value is -3.77. The molecule has 6 nitrogen and oxygen atoms in total. The number of hydrogen-bond acceptors (Lipinski definition) is 5. The summed E-state index contributed by atoms with van der Waals surface area (Å²) < 4.78 is 5.21. The second-order valence-electron chi connectivity index (χ2n) is 6.97. The summed E-state index contributed by atoms with van der Waals surface area (Å²) in [4.78, 5) is 27.4. The van der Waals surface area contributed by atoms with Gasteiger partial charge in [0, 0.05) is 16.3 Å². The van der Waals surface area contributed by atoms with Crippen molar-refractivity contribution in [1.29, 1.82) is 0 Å². The molecule has 3 aromatic rings. The van der Waals surface area contributed by atoms with Crippen LogP contribution in [0.15, 0.2) is 78.4 Å². The Morgan fingerprint density at radius 3 is 2.39 bits per heavy atom. The molecule has 4 rings (SSSR count). The molecule has 1 aliphatic rings. The number of halogens is 1. The van der Waals surface area contributed by atoms with Crippen molar-refractivity contribution in [3.8, 4) is 11.5 Å². The first-order valence-electron chi connectivity index (χ1n) is 9.40. The minimum atomic E-state index is -0.912. The number of benzene rings is 3. The third-order valence-corrected chi connectivity index (χ3v) is 5.32.